The van der Waals surface area contributed by atoms with E-state index in [1.54, 1.807) is 37.7 Å². The topological polar surface area (TPSA) is 68.3 Å². The molecule has 0 bridgehead atoms. The second-order valence-corrected chi connectivity index (χ2v) is 11.1. The van der Waals surface area contributed by atoms with E-state index in [1.807, 2.05) is 6.92 Å². The van der Waals surface area contributed by atoms with Crippen LogP contribution in [0.1, 0.15) is 67.5 Å². The van der Waals surface area contributed by atoms with E-state index in [4.69, 9.17) is 14.2 Å². The Morgan fingerprint density at radius 2 is 1.63 bits per heavy atom. The molecule has 2 aromatic carbocycles. The van der Waals surface area contributed by atoms with Crippen molar-refractivity contribution in [1.29, 1.82) is 0 Å². The van der Waals surface area contributed by atoms with Crippen molar-refractivity contribution in [3.8, 4) is 5.75 Å². The van der Waals surface area contributed by atoms with Gasteiger partial charge in [0.15, 0.2) is 0 Å². The van der Waals surface area contributed by atoms with E-state index in [0.29, 0.717) is 34.9 Å². The molecule has 0 saturated carbocycles. The molecule has 0 fully saturated rings. The fourth-order valence-electron chi connectivity index (χ4n) is 5.02. The molecular formula is C29H34F6N2O5S. The highest BCUT2D eigenvalue weighted by Gasteiger charge is 2.41. The van der Waals surface area contributed by atoms with Crippen LogP contribution >= 0.6 is 11.8 Å². The minimum Gasteiger partial charge on any atom is -0.496 e. The van der Waals surface area contributed by atoms with Gasteiger partial charge in [0.2, 0.25) is 0 Å². The van der Waals surface area contributed by atoms with Crippen LogP contribution in [0.15, 0.2) is 30.3 Å². The highest BCUT2D eigenvalue weighted by Crippen LogP contribution is 2.45. The standard InChI is InChI=1S/C29H34F6N2O5S/c1-6-8-43-16-19-12-24-22(14-25(19)40-4)23(9-17(3)37(24)27(39)42-7-2)36(26(38)41-5)15-18-10-20(28(30,31)32)13-21(11-18)29(33,34)35/h10-14,17,23H,6-9,15-16H2,1-5H3. The molecule has 7 nitrogen and oxygen atoms in total. The Balaban J connectivity index is 2.20. The molecule has 3 rings (SSSR count). The van der Waals surface area contributed by atoms with Gasteiger partial charge in [0.05, 0.1) is 43.7 Å². The van der Waals surface area contributed by atoms with Crippen molar-refractivity contribution in [2.24, 2.45) is 0 Å². The van der Waals surface area contributed by atoms with Crippen LogP contribution in [0.25, 0.3) is 0 Å². The number of anilines is 1. The molecule has 14 heteroatoms. The third-order valence-electron chi connectivity index (χ3n) is 6.91. The first-order valence-corrected chi connectivity index (χ1v) is 14.7. The normalized spacial score (nSPS) is 16.9. The number of hydrogen-bond acceptors (Lipinski definition) is 6. The zero-order chi connectivity index (χ0) is 32.1. The maximum absolute atomic E-state index is 13.6. The van der Waals surface area contributed by atoms with E-state index < -0.39 is 59.9 Å². The molecule has 1 aliphatic heterocycles. The molecule has 0 saturated heterocycles. The van der Waals surface area contributed by atoms with Crippen LogP contribution in [0.3, 0.4) is 0 Å². The summed E-state index contributed by atoms with van der Waals surface area (Å²) < 4.78 is 97.3. The number of benzene rings is 2. The largest absolute Gasteiger partial charge is 0.496 e. The number of halogens is 6. The molecule has 0 aliphatic carbocycles. The van der Waals surface area contributed by atoms with Gasteiger partial charge in [0.1, 0.15) is 5.75 Å². The predicted octanol–water partition coefficient (Wildman–Crippen LogP) is 8.44. The molecule has 0 N–H and O–H groups in total. The molecule has 0 aromatic heterocycles. The van der Waals surface area contributed by atoms with Crippen LogP contribution in [0.5, 0.6) is 5.75 Å². The number of carbonyl (C=O) groups is 2. The van der Waals surface area contributed by atoms with Crippen molar-refractivity contribution in [2.75, 3.05) is 31.5 Å². The average molecular weight is 637 g/mol. The van der Waals surface area contributed by atoms with Gasteiger partial charge in [-0.2, -0.15) is 38.1 Å². The summed E-state index contributed by atoms with van der Waals surface area (Å²) in [6, 6.07) is 3.11. The molecule has 2 atom stereocenters. The summed E-state index contributed by atoms with van der Waals surface area (Å²) in [6.07, 6.45) is -10.7. The molecule has 1 heterocycles. The smallest absolute Gasteiger partial charge is 0.416 e. The number of thioether (sulfide) groups is 1. The lowest BCUT2D eigenvalue weighted by Crippen LogP contribution is -2.47. The van der Waals surface area contributed by atoms with Crippen LogP contribution in [-0.2, 0) is 34.1 Å². The summed E-state index contributed by atoms with van der Waals surface area (Å²) in [5.74, 6) is 1.87. The number of hydrogen-bond donors (Lipinski definition) is 0. The van der Waals surface area contributed by atoms with E-state index in [-0.39, 0.29) is 19.1 Å². The van der Waals surface area contributed by atoms with Crippen LogP contribution < -0.4 is 9.64 Å². The van der Waals surface area contributed by atoms with E-state index in [2.05, 4.69) is 0 Å². The Kier molecular flexibility index (Phi) is 11.1. The van der Waals surface area contributed by atoms with Gasteiger partial charge < -0.3 is 14.2 Å². The fourth-order valence-corrected chi connectivity index (χ4v) is 5.90. The molecule has 1 aliphatic rings. The summed E-state index contributed by atoms with van der Waals surface area (Å²) in [6.45, 7) is 4.87. The predicted molar refractivity (Wildman–Crippen MR) is 150 cm³/mol. The molecule has 2 unspecified atom stereocenters. The number of alkyl halides is 6. The van der Waals surface area contributed by atoms with Gasteiger partial charge in [-0.25, -0.2) is 9.59 Å². The number of rotatable bonds is 9. The summed E-state index contributed by atoms with van der Waals surface area (Å²) in [4.78, 5) is 28.7. The summed E-state index contributed by atoms with van der Waals surface area (Å²) in [5, 5.41) is 0. The Hall–Kier alpha value is -3.29. The van der Waals surface area contributed by atoms with Crippen LogP contribution in [0, 0.1) is 0 Å². The third-order valence-corrected chi connectivity index (χ3v) is 8.12. The van der Waals surface area contributed by atoms with Gasteiger partial charge in [-0.05, 0) is 68.3 Å². The lowest BCUT2D eigenvalue weighted by molar-refractivity contribution is -0.143. The molecule has 0 radical (unpaired) electrons. The molecule has 2 aromatic rings. The Labute approximate surface area is 250 Å². The number of amides is 2. The van der Waals surface area contributed by atoms with E-state index in [1.165, 1.54) is 12.0 Å². The number of ether oxygens (including phenoxy) is 3. The maximum Gasteiger partial charge on any atom is 0.416 e. The van der Waals surface area contributed by atoms with Crippen molar-refractivity contribution in [3.63, 3.8) is 0 Å². The van der Waals surface area contributed by atoms with Gasteiger partial charge in [-0.15, -0.1) is 0 Å². The van der Waals surface area contributed by atoms with Crippen LogP contribution in [-0.4, -0.2) is 49.7 Å². The second kappa shape index (κ2) is 14.0. The fraction of sp³-hybridized carbons (Fsp3) is 0.517. The van der Waals surface area contributed by atoms with Crippen molar-refractivity contribution in [2.45, 2.75) is 70.3 Å². The number of carbonyl (C=O) groups excluding carboxylic acids is 2. The van der Waals surface area contributed by atoms with Gasteiger partial charge in [-0.3, -0.25) is 9.80 Å². The third kappa shape index (κ3) is 8.01. The average Bonchev–Trinajstić information content (AvgIpc) is 2.94. The summed E-state index contributed by atoms with van der Waals surface area (Å²) in [7, 11) is 2.52. The van der Waals surface area contributed by atoms with Gasteiger partial charge in [0.25, 0.3) is 0 Å². The molecule has 238 valence electrons. The molecule has 2 amide bonds. The zero-order valence-electron chi connectivity index (χ0n) is 24.4. The lowest BCUT2D eigenvalue weighted by Gasteiger charge is -2.43. The first-order chi connectivity index (χ1) is 20.2. The van der Waals surface area contributed by atoms with Crippen molar-refractivity contribution < 1.29 is 50.1 Å². The van der Waals surface area contributed by atoms with Crippen LogP contribution in [0.4, 0.5) is 41.6 Å². The van der Waals surface area contributed by atoms with Gasteiger partial charge in [0, 0.05) is 29.5 Å². The highest BCUT2D eigenvalue weighted by atomic mass is 32.2. The van der Waals surface area contributed by atoms with Gasteiger partial charge in [-0.1, -0.05) is 6.92 Å². The SMILES string of the molecule is CCCSCc1cc2c(cc1OC)C(N(Cc1cc(C(F)(F)F)cc(C(F)(F)F)c1)C(=O)OC)CC(C)N2C(=O)OCC. The van der Waals surface area contributed by atoms with Crippen LogP contribution in [0.2, 0.25) is 0 Å². The minimum atomic E-state index is -5.06. The maximum atomic E-state index is 13.6. The molecular weight excluding hydrogens is 602 g/mol. The quantitative estimate of drug-likeness (QED) is 0.203. The van der Waals surface area contributed by atoms with Crippen molar-refractivity contribution in [3.05, 3.63) is 58.1 Å². The van der Waals surface area contributed by atoms with E-state index >= 15 is 0 Å². The molecule has 0 spiro atoms. The summed E-state index contributed by atoms with van der Waals surface area (Å²) in [5.41, 5.74) is -1.83. The van der Waals surface area contributed by atoms with Gasteiger partial charge >= 0.3 is 24.5 Å². The first-order valence-electron chi connectivity index (χ1n) is 13.5. The van der Waals surface area contributed by atoms with E-state index in [9.17, 15) is 35.9 Å². The highest BCUT2D eigenvalue weighted by molar-refractivity contribution is 7.98. The Bertz CT molecular complexity index is 1270. The number of methoxy groups -OCH3 is 2. The Morgan fingerprint density at radius 3 is 2.14 bits per heavy atom. The second-order valence-electron chi connectivity index (χ2n) is 9.96. The zero-order valence-corrected chi connectivity index (χ0v) is 25.2. The first kappa shape index (κ1) is 34.2. The van der Waals surface area contributed by atoms with E-state index in [0.717, 1.165) is 29.7 Å². The number of nitrogens with zero attached hydrogens (tertiary/aromatic N) is 2. The lowest BCUT2D eigenvalue weighted by atomic mass is 9.89. The number of fused-ring (bicyclic) bond motifs is 1. The minimum absolute atomic E-state index is 0.0319. The van der Waals surface area contributed by atoms with Crippen molar-refractivity contribution in [1.82, 2.24) is 4.90 Å². The van der Waals surface area contributed by atoms with Crippen molar-refractivity contribution >= 4 is 29.6 Å². The summed E-state index contributed by atoms with van der Waals surface area (Å²) >= 11 is 1.65. The Morgan fingerprint density at radius 1 is 1.00 bits per heavy atom. The monoisotopic (exact) mass is 636 g/mol. The molecule has 43 heavy (non-hydrogen) atoms.